The maximum atomic E-state index is 13.0. The highest BCUT2D eigenvalue weighted by Gasteiger charge is 2.22. The summed E-state index contributed by atoms with van der Waals surface area (Å²) in [5, 5.41) is 27.8. The molecule has 0 spiro atoms. The molecule has 0 aliphatic heterocycles. The van der Waals surface area contributed by atoms with Crippen LogP contribution in [0.2, 0.25) is 0 Å². The van der Waals surface area contributed by atoms with Gasteiger partial charge in [-0.25, -0.2) is 9.82 Å². The molecule has 0 aliphatic rings. The van der Waals surface area contributed by atoms with Gasteiger partial charge in [-0.1, -0.05) is 42.5 Å². The number of nitro benzene ring substituents is 1. The minimum atomic E-state index is -0.996. The first-order valence-corrected chi connectivity index (χ1v) is 8.81. The van der Waals surface area contributed by atoms with Crippen molar-refractivity contribution in [2.45, 2.75) is 6.04 Å². The van der Waals surface area contributed by atoms with Crippen LogP contribution in [0.3, 0.4) is 0 Å². The van der Waals surface area contributed by atoms with Gasteiger partial charge in [-0.15, -0.1) is 0 Å². The van der Waals surface area contributed by atoms with Gasteiger partial charge < -0.3 is 10.4 Å². The first-order chi connectivity index (χ1) is 14.4. The lowest BCUT2D eigenvalue weighted by Gasteiger charge is -2.19. The molecule has 0 heterocycles. The van der Waals surface area contributed by atoms with Gasteiger partial charge in [0.1, 0.15) is 17.6 Å². The number of rotatable bonds is 7. The van der Waals surface area contributed by atoms with E-state index in [1.54, 1.807) is 30.3 Å². The van der Waals surface area contributed by atoms with Crippen LogP contribution >= 0.6 is 0 Å². The number of carbonyl (C=O) groups excluding carboxylic acids is 1. The van der Waals surface area contributed by atoms with Crippen molar-refractivity contribution in [3.63, 3.8) is 0 Å². The molecule has 0 radical (unpaired) electrons. The first kappa shape index (κ1) is 20.5. The molecule has 30 heavy (non-hydrogen) atoms. The Kier molecular flexibility index (Phi) is 6.33. The Morgan fingerprint density at radius 3 is 2.47 bits per heavy atom. The maximum Gasteiger partial charge on any atom is 0.271 e. The molecule has 0 bridgehead atoms. The number of hydrogen-bond donors (Lipinski definition) is 3. The first-order valence-electron chi connectivity index (χ1n) is 8.81. The van der Waals surface area contributed by atoms with Crippen molar-refractivity contribution in [3.8, 4) is 5.75 Å². The number of nitrogens with zero attached hydrogens (tertiary/aromatic N) is 2. The summed E-state index contributed by atoms with van der Waals surface area (Å²) in [5.74, 6) is -1.20. The van der Waals surface area contributed by atoms with Crippen LogP contribution in [0.25, 0.3) is 0 Å². The molecule has 0 fully saturated rings. The minimum absolute atomic E-state index is 0.0238. The summed E-state index contributed by atoms with van der Waals surface area (Å²) in [6, 6.07) is 16.6. The molecule has 0 aliphatic carbocycles. The van der Waals surface area contributed by atoms with Crippen LogP contribution in [0.4, 0.5) is 15.8 Å². The van der Waals surface area contributed by atoms with Crippen molar-refractivity contribution in [2.75, 3.05) is 5.32 Å². The smallest absolute Gasteiger partial charge is 0.271 e. The normalized spacial score (nSPS) is 11.8. The third kappa shape index (κ3) is 5.16. The number of hydrogen-bond acceptors (Lipinski definition) is 6. The number of anilines is 1. The van der Waals surface area contributed by atoms with Crippen LogP contribution in [0, 0.1) is 15.9 Å². The van der Waals surface area contributed by atoms with E-state index < -0.39 is 16.9 Å². The largest absolute Gasteiger partial charge is 0.506 e. The Balaban J connectivity index is 1.82. The van der Waals surface area contributed by atoms with Gasteiger partial charge in [0.25, 0.3) is 11.6 Å². The van der Waals surface area contributed by atoms with Crippen molar-refractivity contribution < 1.29 is 19.2 Å². The van der Waals surface area contributed by atoms with E-state index >= 15 is 0 Å². The second-order valence-electron chi connectivity index (χ2n) is 6.23. The van der Waals surface area contributed by atoms with E-state index in [0.29, 0.717) is 11.1 Å². The summed E-state index contributed by atoms with van der Waals surface area (Å²) in [6.07, 6.45) is 1.35. The van der Waals surface area contributed by atoms with Gasteiger partial charge >= 0.3 is 0 Å². The Hall–Kier alpha value is -4.27. The molecule has 1 amide bonds. The van der Waals surface area contributed by atoms with Gasteiger partial charge in [0.15, 0.2) is 0 Å². The van der Waals surface area contributed by atoms with Crippen LogP contribution in [0.5, 0.6) is 5.75 Å². The molecule has 0 aromatic heterocycles. The number of halogens is 1. The van der Waals surface area contributed by atoms with Crippen molar-refractivity contribution in [1.29, 1.82) is 0 Å². The molecule has 3 aromatic rings. The van der Waals surface area contributed by atoms with E-state index in [1.807, 2.05) is 0 Å². The van der Waals surface area contributed by atoms with Crippen LogP contribution in [0.15, 0.2) is 77.9 Å². The Labute approximate surface area is 170 Å². The number of aromatic hydroxyl groups is 1. The van der Waals surface area contributed by atoms with Crippen molar-refractivity contribution in [1.82, 2.24) is 5.43 Å². The van der Waals surface area contributed by atoms with Crippen molar-refractivity contribution in [3.05, 3.63) is 99.9 Å². The molecular formula is C21H17FN4O4. The van der Waals surface area contributed by atoms with E-state index in [9.17, 15) is 24.4 Å². The average molecular weight is 408 g/mol. The van der Waals surface area contributed by atoms with Gasteiger partial charge in [-0.2, -0.15) is 5.10 Å². The van der Waals surface area contributed by atoms with Gasteiger partial charge in [0, 0.05) is 12.1 Å². The summed E-state index contributed by atoms with van der Waals surface area (Å²) in [7, 11) is 0. The third-order valence-electron chi connectivity index (χ3n) is 4.14. The van der Waals surface area contributed by atoms with E-state index in [-0.39, 0.29) is 22.9 Å². The van der Waals surface area contributed by atoms with E-state index in [4.69, 9.17) is 0 Å². The Bertz CT molecular complexity index is 1070. The Morgan fingerprint density at radius 2 is 1.80 bits per heavy atom. The van der Waals surface area contributed by atoms with E-state index in [2.05, 4.69) is 15.8 Å². The summed E-state index contributed by atoms with van der Waals surface area (Å²) in [4.78, 5) is 23.2. The standard InChI is InChI=1S/C21H17FN4O4/c22-16-8-6-14(7-9-16)13-23-25-21(28)20(15-4-2-1-3-5-15)24-18-12-17(26(29)30)10-11-19(18)27/h1-13,20,24,27H,(H,25,28)/t20-/m1/s1. The SMILES string of the molecule is O=C(NN=Cc1ccc(F)cc1)[C@H](Nc1cc([N+](=O)[O-])ccc1O)c1ccccc1. The summed E-state index contributed by atoms with van der Waals surface area (Å²) < 4.78 is 13.0. The molecule has 0 saturated carbocycles. The molecule has 1 atom stereocenters. The zero-order chi connectivity index (χ0) is 21.5. The highest BCUT2D eigenvalue weighted by Crippen LogP contribution is 2.31. The second kappa shape index (κ2) is 9.28. The molecule has 0 saturated heterocycles. The van der Waals surface area contributed by atoms with E-state index in [0.717, 1.165) is 12.1 Å². The average Bonchev–Trinajstić information content (AvgIpc) is 2.75. The predicted octanol–water partition coefficient (Wildman–Crippen LogP) is 3.74. The van der Waals surface area contributed by atoms with Gasteiger partial charge in [-0.3, -0.25) is 14.9 Å². The van der Waals surface area contributed by atoms with Crippen LogP contribution in [-0.4, -0.2) is 22.2 Å². The van der Waals surface area contributed by atoms with Crippen LogP contribution < -0.4 is 10.7 Å². The molecular weight excluding hydrogens is 391 g/mol. The fraction of sp³-hybridized carbons (Fsp3) is 0.0476. The zero-order valence-electron chi connectivity index (χ0n) is 15.5. The van der Waals surface area contributed by atoms with Crippen LogP contribution in [0.1, 0.15) is 17.2 Å². The minimum Gasteiger partial charge on any atom is -0.506 e. The lowest BCUT2D eigenvalue weighted by molar-refractivity contribution is -0.384. The number of benzene rings is 3. The van der Waals surface area contributed by atoms with Crippen molar-refractivity contribution in [2.24, 2.45) is 5.10 Å². The molecule has 3 aromatic carbocycles. The van der Waals surface area contributed by atoms with Crippen LogP contribution in [-0.2, 0) is 4.79 Å². The molecule has 3 N–H and O–H groups in total. The summed E-state index contributed by atoms with van der Waals surface area (Å²) >= 11 is 0. The third-order valence-corrected chi connectivity index (χ3v) is 4.14. The monoisotopic (exact) mass is 408 g/mol. The molecule has 152 valence electrons. The predicted molar refractivity (Wildman–Crippen MR) is 110 cm³/mol. The fourth-order valence-corrected chi connectivity index (χ4v) is 2.64. The maximum absolute atomic E-state index is 13.0. The quantitative estimate of drug-likeness (QED) is 0.238. The number of nitro groups is 1. The number of hydrazone groups is 1. The molecule has 0 unspecified atom stereocenters. The van der Waals surface area contributed by atoms with Crippen molar-refractivity contribution >= 4 is 23.5 Å². The second-order valence-corrected chi connectivity index (χ2v) is 6.23. The highest BCUT2D eigenvalue weighted by molar-refractivity contribution is 5.88. The lowest BCUT2D eigenvalue weighted by Crippen LogP contribution is -2.30. The topological polar surface area (TPSA) is 117 Å². The summed E-state index contributed by atoms with van der Waals surface area (Å²) in [5.41, 5.74) is 3.30. The Morgan fingerprint density at radius 1 is 1.10 bits per heavy atom. The fourth-order valence-electron chi connectivity index (χ4n) is 2.64. The van der Waals surface area contributed by atoms with Gasteiger partial charge in [0.05, 0.1) is 16.8 Å². The van der Waals surface area contributed by atoms with Gasteiger partial charge in [-0.05, 0) is 29.3 Å². The number of amides is 1. The van der Waals surface area contributed by atoms with E-state index in [1.165, 1.54) is 36.5 Å². The number of non-ortho nitro benzene ring substituents is 1. The molecule has 9 heteroatoms. The molecule has 3 rings (SSSR count). The number of phenolic OH excluding ortho intramolecular Hbond substituents is 1. The lowest BCUT2D eigenvalue weighted by atomic mass is 10.1. The summed E-state index contributed by atoms with van der Waals surface area (Å²) in [6.45, 7) is 0. The zero-order valence-corrected chi connectivity index (χ0v) is 15.5. The number of nitrogens with one attached hydrogen (secondary N) is 2. The molecule has 8 nitrogen and oxygen atoms in total. The highest BCUT2D eigenvalue weighted by atomic mass is 19.1. The number of phenols is 1. The van der Waals surface area contributed by atoms with Gasteiger partial charge in [0.2, 0.25) is 0 Å². The number of carbonyl (C=O) groups is 1.